The molecule has 0 spiro atoms. The van der Waals surface area contributed by atoms with E-state index in [2.05, 4.69) is 0 Å². The Hall–Kier alpha value is -3.16. The highest BCUT2D eigenvalue weighted by Crippen LogP contribution is 2.59. The van der Waals surface area contributed by atoms with E-state index >= 15 is 0 Å². The lowest BCUT2D eigenvalue weighted by Gasteiger charge is -2.43. The van der Waals surface area contributed by atoms with Gasteiger partial charge < -0.3 is 18.9 Å². The maximum Gasteiger partial charge on any atom is 0.194 e. The van der Waals surface area contributed by atoms with Gasteiger partial charge in [-0.1, -0.05) is 60.7 Å². The average Bonchev–Trinajstić information content (AvgIpc) is 3.32. The third-order valence-corrected chi connectivity index (χ3v) is 7.34. The van der Waals surface area contributed by atoms with Crippen LogP contribution in [0.4, 0.5) is 0 Å². The van der Waals surface area contributed by atoms with Crippen LogP contribution in [-0.2, 0) is 31.2 Å². The van der Waals surface area contributed by atoms with Crippen LogP contribution >= 0.6 is 0 Å². The monoisotopic (exact) mass is 454 g/mol. The molecule has 3 aromatic carbocycles. The van der Waals surface area contributed by atoms with E-state index < -0.39 is 29.9 Å². The van der Waals surface area contributed by atoms with E-state index in [1.165, 1.54) is 0 Å². The second-order valence-electron chi connectivity index (χ2n) is 9.65. The minimum atomic E-state index is -0.944. The minimum Gasteiger partial charge on any atom is -0.359 e. The second kappa shape index (κ2) is 6.71. The van der Waals surface area contributed by atoms with Crippen molar-refractivity contribution in [2.75, 3.05) is 0 Å². The molecule has 34 heavy (non-hydrogen) atoms. The number of hydrogen-bond donors (Lipinski definition) is 0. The Morgan fingerprint density at radius 1 is 0.794 bits per heavy atom. The van der Waals surface area contributed by atoms with Gasteiger partial charge in [-0.2, -0.15) is 0 Å². The van der Waals surface area contributed by atoms with Crippen LogP contribution in [0.15, 0.2) is 66.7 Å². The predicted octanol–water partition coefficient (Wildman–Crippen LogP) is 4.44. The summed E-state index contributed by atoms with van der Waals surface area (Å²) >= 11 is 0. The summed E-state index contributed by atoms with van der Waals surface area (Å²) in [6, 6.07) is 20.5. The molecule has 0 unspecified atom stereocenters. The Balaban J connectivity index is 1.42. The van der Waals surface area contributed by atoms with Gasteiger partial charge in [-0.25, -0.2) is 0 Å². The van der Waals surface area contributed by atoms with Crippen molar-refractivity contribution < 1.29 is 28.5 Å². The lowest BCUT2D eigenvalue weighted by molar-refractivity contribution is -0.248. The Labute approximate surface area is 196 Å². The van der Waals surface area contributed by atoms with Gasteiger partial charge in [0.15, 0.2) is 29.2 Å². The molecule has 6 heteroatoms. The van der Waals surface area contributed by atoms with E-state index in [-0.39, 0.29) is 18.2 Å². The fourth-order valence-electron chi connectivity index (χ4n) is 5.93. The second-order valence-corrected chi connectivity index (χ2v) is 9.65. The molecule has 7 rings (SSSR count). The Bertz CT molecular complexity index is 1380. The SMILES string of the molecule is CC1(C)O[C@H]2O[C@@H]3c4ccc5c(c4CO[C@]3(c3ccccc3)[C@H]2O1)C(=O)c1ccccc1C5=O. The lowest BCUT2D eigenvalue weighted by atomic mass is 9.74. The van der Waals surface area contributed by atoms with Crippen LogP contribution < -0.4 is 0 Å². The Morgan fingerprint density at radius 2 is 1.50 bits per heavy atom. The smallest absolute Gasteiger partial charge is 0.194 e. The van der Waals surface area contributed by atoms with Gasteiger partial charge in [0.05, 0.1) is 6.61 Å². The van der Waals surface area contributed by atoms with E-state index in [9.17, 15) is 9.59 Å². The first kappa shape index (κ1) is 20.2. The maximum atomic E-state index is 13.6. The van der Waals surface area contributed by atoms with E-state index in [0.717, 1.165) is 11.1 Å². The number of ether oxygens (including phenoxy) is 4. The first-order valence-corrected chi connectivity index (χ1v) is 11.5. The summed E-state index contributed by atoms with van der Waals surface area (Å²) in [7, 11) is 0. The molecule has 0 radical (unpaired) electrons. The summed E-state index contributed by atoms with van der Waals surface area (Å²) in [5.41, 5.74) is 3.17. The molecule has 4 atom stereocenters. The number of carbonyl (C=O) groups excluding carboxylic acids is 2. The summed E-state index contributed by atoms with van der Waals surface area (Å²) in [6.07, 6.45) is -1.67. The molecule has 170 valence electrons. The molecule has 0 aromatic heterocycles. The van der Waals surface area contributed by atoms with Crippen molar-refractivity contribution in [1.29, 1.82) is 0 Å². The molecule has 0 amide bonds. The molecule has 0 saturated carbocycles. The molecular formula is C28H22O6. The van der Waals surface area contributed by atoms with E-state index in [1.54, 1.807) is 30.3 Å². The summed E-state index contributed by atoms with van der Waals surface area (Å²) in [6.45, 7) is 3.87. The molecule has 2 saturated heterocycles. The summed E-state index contributed by atoms with van der Waals surface area (Å²) in [5, 5.41) is 0. The third kappa shape index (κ3) is 2.49. The van der Waals surface area contributed by atoms with Gasteiger partial charge in [0.1, 0.15) is 12.2 Å². The molecule has 4 aliphatic rings. The minimum absolute atomic E-state index is 0.148. The standard InChI is InChI=1S/C28H22O6/c1-27(2)33-25-26(34-27)32-24-18-12-13-19-21(23(30)17-11-7-6-10-16(17)22(19)29)20(18)14-31-28(24,25)15-8-4-3-5-9-15/h3-13,24-26H,14H2,1-2H3/t24-,25+,26-,28+/m1/s1. The highest BCUT2D eigenvalue weighted by molar-refractivity contribution is 6.29. The van der Waals surface area contributed by atoms with Crippen molar-refractivity contribution in [1.82, 2.24) is 0 Å². The van der Waals surface area contributed by atoms with E-state index in [0.29, 0.717) is 27.8 Å². The van der Waals surface area contributed by atoms with Crippen LogP contribution in [-0.4, -0.2) is 29.7 Å². The molecule has 2 fully saturated rings. The molecule has 1 aliphatic carbocycles. The van der Waals surface area contributed by atoms with Gasteiger partial charge in [-0.05, 0) is 36.6 Å². The van der Waals surface area contributed by atoms with E-state index in [4.69, 9.17) is 18.9 Å². The predicted molar refractivity (Wildman–Crippen MR) is 120 cm³/mol. The zero-order chi connectivity index (χ0) is 23.2. The van der Waals surface area contributed by atoms with Crippen LogP contribution in [0.1, 0.15) is 68.5 Å². The average molecular weight is 454 g/mol. The van der Waals surface area contributed by atoms with Crippen LogP contribution in [0, 0.1) is 0 Å². The largest absolute Gasteiger partial charge is 0.359 e. The van der Waals surface area contributed by atoms with Gasteiger partial charge in [-0.3, -0.25) is 9.59 Å². The molecule has 3 aliphatic heterocycles. The summed E-state index contributed by atoms with van der Waals surface area (Å²) in [4.78, 5) is 26.8. The number of benzene rings is 3. The molecule has 0 bridgehead atoms. The summed E-state index contributed by atoms with van der Waals surface area (Å²) < 4.78 is 25.5. The van der Waals surface area contributed by atoms with Crippen molar-refractivity contribution >= 4 is 11.6 Å². The Morgan fingerprint density at radius 3 is 2.26 bits per heavy atom. The van der Waals surface area contributed by atoms with Gasteiger partial charge in [0.2, 0.25) is 0 Å². The first-order chi connectivity index (χ1) is 16.4. The van der Waals surface area contributed by atoms with E-state index in [1.807, 2.05) is 50.2 Å². The number of fused-ring (bicyclic) bond motifs is 8. The fourth-order valence-corrected chi connectivity index (χ4v) is 5.93. The molecule has 3 aromatic rings. The number of carbonyl (C=O) groups is 2. The van der Waals surface area contributed by atoms with Crippen LogP contribution in [0.3, 0.4) is 0 Å². The highest BCUT2D eigenvalue weighted by atomic mass is 16.8. The number of ketones is 2. The zero-order valence-corrected chi connectivity index (χ0v) is 18.7. The van der Waals surface area contributed by atoms with Gasteiger partial charge in [0, 0.05) is 22.3 Å². The van der Waals surface area contributed by atoms with Crippen molar-refractivity contribution in [3.8, 4) is 0 Å². The van der Waals surface area contributed by atoms with Crippen molar-refractivity contribution in [3.05, 3.63) is 106 Å². The quantitative estimate of drug-likeness (QED) is 0.424. The van der Waals surface area contributed by atoms with Gasteiger partial charge in [0.25, 0.3) is 0 Å². The molecule has 3 heterocycles. The van der Waals surface area contributed by atoms with Crippen molar-refractivity contribution in [3.63, 3.8) is 0 Å². The zero-order valence-electron chi connectivity index (χ0n) is 18.7. The molecular weight excluding hydrogens is 432 g/mol. The van der Waals surface area contributed by atoms with Gasteiger partial charge in [-0.15, -0.1) is 0 Å². The lowest BCUT2D eigenvalue weighted by Crippen LogP contribution is -2.47. The van der Waals surface area contributed by atoms with Crippen LogP contribution in [0.5, 0.6) is 0 Å². The maximum absolute atomic E-state index is 13.6. The van der Waals surface area contributed by atoms with Crippen molar-refractivity contribution in [2.24, 2.45) is 0 Å². The highest BCUT2D eigenvalue weighted by Gasteiger charge is 2.67. The van der Waals surface area contributed by atoms with Crippen LogP contribution in [0.2, 0.25) is 0 Å². The van der Waals surface area contributed by atoms with Crippen molar-refractivity contribution in [2.45, 2.75) is 50.3 Å². The molecule has 0 N–H and O–H groups in total. The summed E-state index contributed by atoms with van der Waals surface area (Å²) in [5.74, 6) is -1.12. The number of rotatable bonds is 1. The topological polar surface area (TPSA) is 71.1 Å². The van der Waals surface area contributed by atoms with Gasteiger partial charge >= 0.3 is 0 Å². The normalized spacial score (nSPS) is 30.2. The van der Waals surface area contributed by atoms with Crippen LogP contribution in [0.25, 0.3) is 0 Å². The first-order valence-electron chi connectivity index (χ1n) is 11.5. The third-order valence-electron chi connectivity index (χ3n) is 7.34. The Kier molecular flexibility index (Phi) is 3.99. The molecule has 6 nitrogen and oxygen atoms in total. The number of hydrogen-bond acceptors (Lipinski definition) is 6. The fraction of sp³-hybridized carbons (Fsp3) is 0.286.